The van der Waals surface area contributed by atoms with E-state index in [-0.39, 0.29) is 42.1 Å². The zero-order chi connectivity index (χ0) is 17.3. The summed E-state index contributed by atoms with van der Waals surface area (Å²) in [4.78, 5) is 18.2. The van der Waals surface area contributed by atoms with Crippen LogP contribution in [-0.2, 0) is 11.2 Å². The Bertz CT molecular complexity index is 732. The van der Waals surface area contributed by atoms with E-state index in [9.17, 15) is 9.18 Å². The molecule has 1 amide bonds. The maximum Gasteiger partial charge on any atom is 0.224 e. The van der Waals surface area contributed by atoms with Crippen molar-refractivity contribution in [2.75, 3.05) is 0 Å². The van der Waals surface area contributed by atoms with Crippen molar-refractivity contribution in [3.63, 3.8) is 0 Å². The Labute approximate surface area is 157 Å². The number of nitrogens with two attached hydrogens (primary N) is 1. The van der Waals surface area contributed by atoms with Gasteiger partial charge in [-0.1, -0.05) is 6.92 Å². The Balaban J connectivity index is 0.00000225. The zero-order valence-corrected chi connectivity index (χ0v) is 15.9. The summed E-state index contributed by atoms with van der Waals surface area (Å²) in [6.07, 6.45) is 2.83. The number of carbonyl (C=O) groups is 1. The Kier molecular flexibility index (Phi) is 6.54. The molecule has 3 rings (SSSR count). The average Bonchev–Trinajstić information content (AvgIpc) is 2.99. The number of aryl methyl sites for hydroxylation is 1. The molecule has 0 spiro atoms. The number of thiazole rings is 1. The van der Waals surface area contributed by atoms with Gasteiger partial charge in [-0.25, -0.2) is 9.37 Å². The van der Waals surface area contributed by atoms with Crippen molar-refractivity contribution in [3.05, 3.63) is 40.7 Å². The number of nitrogens with zero attached hydrogens (tertiary/aromatic N) is 1. The van der Waals surface area contributed by atoms with E-state index in [0.29, 0.717) is 0 Å². The molecule has 0 radical (unpaired) electrons. The van der Waals surface area contributed by atoms with E-state index >= 15 is 0 Å². The second-order valence-electron chi connectivity index (χ2n) is 6.44. The van der Waals surface area contributed by atoms with E-state index in [1.54, 1.807) is 23.5 Å². The maximum atomic E-state index is 13.1. The predicted molar refractivity (Wildman–Crippen MR) is 101 cm³/mol. The van der Waals surface area contributed by atoms with Crippen molar-refractivity contribution < 1.29 is 9.18 Å². The lowest BCUT2D eigenvalue weighted by molar-refractivity contribution is -0.125. The number of nitrogens with one attached hydrogen (secondary N) is 1. The van der Waals surface area contributed by atoms with Gasteiger partial charge >= 0.3 is 0 Å². The lowest BCUT2D eigenvalue weighted by atomic mass is 9.96. The fourth-order valence-electron chi connectivity index (χ4n) is 2.82. The van der Waals surface area contributed by atoms with E-state index in [4.69, 9.17) is 10.7 Å². The van der Waals surface area contributed by atoms with E-state index < -0.39 is 0 Å². The van der Waals surface area contributed by atoms with Crippen LogP contribution in [0.5, 0.6) is 0 Å². The number of rotatable bonds is 4. The SMILES string of the molecule is CC(N)C(C)C(=O)NC1CCCc2nc(-c3ccc(F)cc3)sc21.Cl. The first kappa shape index (κ1) is 19.8. The van der Waals surface area contributed by atoms with Gasteiger partial charge in [-0.05, 0) is 50.5 Å². The smallest absolute Gasteiger partial charge is 0.224 e. The summed E-state index contributed by atoms with van der Waals surface area (Å²) in [6.45, 7) is 3.69. The van der Waals surface area contributed by atoms with Gasteiger partial charge in [0.15, 0.2) is 0 Å². The van der Waals surface area contributed by atoms with Crippen LogP contribution in [0.15, 0.2) is 24.3 Å². The van der Waals surface area contributed by atoms with Crippen LogP contribution in [0.4, 0.5) is 4.39 Å². The second kappa shape index (κ2) is 8.25. The van der Waals surface area contributed by atoms with Crippen LogP contribution >= 0.6 is 23.7 Å². The molecule has 1 aliphatic rings. The third-order valence-corrected chi connectivity index (χ3v) is 5.82. The average molecular weight is 384 g/mol. The highest BCUT2D eigenvalue weighted by atomic mass is 35.5. The van der Waals surface area contributed by atoms with Gasteiger partial charge in [0.05, 0.1) is 16.6 Å². The van der Waals surface area contributed by atoms with E-state index in [1.807, 2.05) is 13.8 Å². The van der Waals surface area contributed by atoms with Crippen molar-refractivity contribution in [2.45, 2.75) is 45.2 Å². The molecule has 4 nitrogen and oxygen atoms in total. The number of amides is 1. The van der Waals surface area contributed by atoms with Crippen LogP contribution in [-0.4, -0.2) is 16.9 Å². The van der Waals surface area contributed by atoms with Crippen LogP contribution in [0.25, 0.3) is 10.6 Å². The molecule has 7 heteroatoms. The first-order valence-corrected chi connectivity index (χ1v) is 9.09. The monoisotopic (exact) mass is 383 g/mol. The Hall–Kier alpha value is -1.50. The lowest BCUT2D eigenvalue weighted by Gasteiger charge is -2.25. The highest BCUT2D eigenvalue weighted by molar-refractivity contribution is 7.15. The summed E-state index contributed by atoms with van der Waals surface area (Å²) in [6, 6.07) is 6.19. The quantitative estimate of drug-likeness (QED) is 0.842. The van der Waals surface area contributed by atoms with Crippen molar-refractivity contribution in [3.8, 4) is 10.6 Å². The molecule has 2 aromatic rings. The van der Waals surface area contributed by atoms with Gasteiger partial charge in [-0.15, -0.1) is 23.7 Å². The molecule has 25 heavy (non-hydrogen) atoms. The third kappa shape index (κ3) is 4.37. The van der Waals surface area contributed by atoms with E-state index in [0.717, 1.165) is 40.4 Å². The minimum atomic E-state index is -0.255. The first-order chi connectivity index (χ1) is 11.5. The summed E-state index contributed by atoms with van der Waals surface area (Å²) >= 11 is 1.58. The van der Waals surface area contributed by atoms with Crippen LogP contribution in [0.3, 0.4) is 0 Å². The molecular formula is C18H23ClFN3OS. The molecular weight excluding hydrogens is 361 g/mol. The first-order valence-electron chi connectivity index (χ1n) is 8.27. The predicted octanol–water partition coefficient (Wildman–Crippen LogP) is 3.85. The summed E-state index contributed by atoms with van der Waals surface area (Å²) in [7, 11) is 0. The molecule has 0 saturated heterocycles. The highest BCUT2D eigenvalue weighted by Crippen LogP contribution is 2.38. The molecule has 0 aliphatic heterocycles. The standard InChI is InChI=1S/C18H22FN3OS.ClH/c1-10(11(2)20)17(23)21-14-4-3-5-15-16(14)24-18(22-15)12-6-8-13(19)9-7-12;/h6-11,14H,3-5,20H2,1-2H3,(H,21,23);1H. The molecule has 0 fully saturated rings. The molecule has 0 bridgehead atoms. The molecule has 0 saturated carbocycles. The number of aromatic nitrogens is 1. The fraction of sp³-hybridized carbons (Fsp3) is 0.444. The normalized spacial score (nSPS) is 18.6. The van der Waals surface area contributed by atoms with Gasteiger partial charge in [0, 0.05) is 17.5 Å². The summed E-state index contributed by atoms with van der Waals surface area (Å²) in [5.74, 6) is -0.491. The number of carbonyl (C=O) groups excluding carboxylic acids is 1. The molecule has 1 aliphatic carbocycles. The van der Waals surface area contributed by atoms with Gasteiger partial charge in [0.1, 0.15) is 10.8 Å². The number of benzene rings is 1. The van der Waals surface area contributed by atoms with Crippen molar-refractivity contribution in [1.82, 2.24) is 10.3 Å². The van der Waals surface area contributed by atoms with Gasteiger partial charge in [-0.2, -0.15) is 0 Å². The van der Waals surface area contributed by atoms with Gasteiger partial charge in [0.2, 0.25) is 5.91 Å². The van der Waals surface area contributed by atoms with Gasteiger partial charge < -0.3 is 11.1 Å². The minimum Gasteiger partial charge on any atom is -0.348 e. The van der Waals surface area contributed by atoms with Crippen molar-refractivity contribution in [2.24, 2.45) is 11.7 Å². The number of halogens is 2. The molecule has 3 N–H and O–H groups in total. The Morgan fingerprint density at radius 2 is 2.04 bits per heavy atom. The van der Waals surface area contributed by atoms with Crippen molar-refractivity contribution in [1.29, 1.82) is 0 Å². The number of fused-ring (bicyclic) bond motifs is 1. The zero-order valence-electron chi connectivity index (χ0n) is 14.3. The van der Waals surface area contributed by atoms with E-state index in [1.165, 1.54) is 12.1 Å². The third-order valence-electron chi connectivity index (χ3n) is 4.56. The van der Waals surface area contributed by atoms with Crippen LogP contribution in [0.2, 0.25) is 0 Å². The van der Waals surface area contributed by atoms with Crippen molar-refractivity contribution >= 4 is 29.7 Å². The topological polar surface area (TPSA) is 68.0 Å². The number of hydrogen-bond acceptors (Lipinski definition) is 4. The van der Waals surface area contributed by atoms with E-state index in [2.05, 4.69) is 5.32 Å². The van der Waals surface area contributed by atoms with Gasteiger partial charge in [-0.3, -0.25) is 4.79 Å². The summed E-state index contributed by atoms with van der Waals surface area (Å²) in [5.41, 5.74) is 7.78. The lowest BCUT2D eigenvalue weighted by Crippen LogP contribution is -2.40. The number of hydrogen-bond donors (Lipinski definition) is 2. The second-order valence-corrected chi connectivity index (χ2v) is 7.47. The maximum absolute atomic E-state index is 13.1. The van der Waals surface area contributed by atoms with Crippen LogP contribution in [0, 0.1) is 11.7 Å². The molecule has 1 aromatic heterocycles. The largest absolute Gasteiger partial charge is 0.348 e. The molecule has 3 atom stereocenters. The highest BCUT2D eigenvalue weighted by Gasteiger charge is 2.28. The van der Waals surface area contributed by atoms with Crippen LogP contribution < -0.4 is 11.1 Å². The summed E-state index contributed by atoms with van der Waals surface area (Å²) < 4.78 is 13.1. The molecule has 3 unspecified atom stereocenters. The Morgan fingerprint density at radius 3 is 2.68 bits per heavy atom. The Morgan fingerprint density at radius 1 is 1.36 bits per heavy atom. The minimum absolute atomic E-state index is 0. The van der Waals surface area contributed by atoms with Gasteiger partial charge in [0.25, 0.3) is 0 Å². The summed E-state index contributed by atoms with van der Waals surface area (Å²) in [5, 5.41) is 4.00. The van der Waals surface area contributed by atoms with Crippen LogP contribution in [0.1, 0.15) is 43.3 Å². The molecule has 1 aromatic carbocycles. The molecule has 136 valence electrons. The fourth-order valence-corrected chi connectivity index (χ4v) is 4.02. The molecule has 1 heterocycles.